The number of halogens is 3. The van der Waals surface area contributed by atoms with Gasteiger partial charge in [-0.1, -0.05) is 23.2 Å². The Kier molecular flexibility index (Phi) is 3.15. The summed E-state index contributed by atoms with van der Waals surface area (Å²) in [7, 11) is 0. The van der Waals surface area contributed by atoms with Crippen molar-refractivity contribution in [1.29, 1.82) is 0 Å². The number of rotatable bonds is 2. The first kappa shape index (κ1) is 11.8. The first-order valence-electron chi connectivity index (χ1n) is 4.65. The molecule has 1 aromatic heterocycles. The highest BCUT2D eigenvalue weighted by Crippen LogP contribution is 2.31. The summed E-state index contributed by atoms with van der Waals surface area (Å²) in [5.41, 5.74) is 1.23. The Bertz CT molecular complexity index is 560. The molecule has 1 unspecified atom stereocenters. The van der Waals surface area contributed by atoms with Gasteiger partial charge in [0.1, 0.15) is 0 Å². The molecule has 84 valence electrons. The number of carbonyl (C=O) groups excluding carboxylic acids is 1. The van der Waals surface area contributed by atoms with E-state index in [2.05, 4.69) is 4.98 Å². The Balaban J connectivity index is 2.69. The largest absolute Gasteiger partial charge is 0.360 e. The average molecular weight is 277 g/mol. The van der Waals surface area contributed by atoms with Gasteiger partial charge in [-0.15, -0.1) is 11.6 Å². The zero-order valence-corrected chi connectivity index (χ0v) is 10.6. The fourth-order valence-electron chi connectivity index (χ4n) is 1.59. The second-order valence-corrected chi connectivity index (χ2v) is 4.99. The smallest absolute Gasteiger partial charge is 0.182 e. The fourth-order valence-corrected chi connectivity index (χ4v) is 2.30. The molecule has 0 aliphatic heterocycles. The maximum absolute atomic E-state index is 11.8. The maximum atomic E-state index is 11.8. The molecule has 0 spiro atoms. The zero-order valence-electron chi connectivity index (χ0n) is 8.35. The highest BCUT2D eigenvalue weighted by Gasteiger charge is 2.18. The van der Waals surface area contributed by atoms with Crippen molar-refractivity contribution >= 4 is 51.5 Å². The third kappa shape index (κ3) is 1.93. The number of hydrogen-bond acceptors (Lipinski definition) is 1. The molecule has 5 heteroatoms. The molecule has 1 aromatic carbocycles. The molecule has 1 N–H and O–H groups in total. The molecule has 1 atom stereocenters. The van der Waals surface area contributed by atoms with Crippen molar-refractivity contribution < 1.29 is 4.79 Å². The normalized spacial score (nSPS) is 13.0. The third-order valence-corrected chi connectivity index (χ3v) is 3.04. The second-order valence-electron chi connectivity index (χ2n) is 3.49. The van der Waals surface area contributed by atoms with Crippen LogP contribution in [-0.2, 0) is 0 Å². The van der Waals surface area contributed by atoms with Gasteiger partial charge in [-0.3, -0.25) is 4.79 Å². The molecule has 0 aliphatic carbocycles. The van der Waals surface area contributed by atoms with Crippen LogP contribution in [-0.4, -0.2) is 16.1 Å². The lowest BCUT2D eigenvalue weighted by Crippen LogP contribution is -2.09. The van der Waals surface area contributed by atoms with Crippen LogP contribution in [0.1, 0.15) is 17.3 Å². The van der Waals surface area contributed by atoms with Crippen LogP contribution in [0.5, 0.6) is 0 Å². The summed E-state index contributed by atoms with van der Waals surface area (Å²) in [5.74, 6) is -0.155. The van der Waals surface area contributed by atoms with E-state index in [-0.39, 0.29) is 5.78 Å². The number of nitrogens with one attached hydrogen (secondary N) is 1. The van der Waals surface area contributed by atoms with E-state index >= 15 is 0 Å². The Morgan fingerprint density at radius 3 is 2.69 bits per heavy atom. The Hall–Kier alpha value is -0.700. The van der Waals surface area contributed by atoms with Gasteiger partial charge in [0.25, 0.3) is 0 Å². The van der Waals surface area contributed by atoms with Gasteiger partial charge >= 0.3 is 0 Å². The van der Waals surface area contributed by atoms with Gasteiger partial charge in [0.2, 0.25) is 0 Å². The lowest BCUT2D eigenvalue weighted by Gasteiger charge is -2.02. The van der Waals surface area contributed by atoms with E-state index in [9.17, 15) is 4.79 Å². The monoisotopic (exact) mass is 275 g/mol. The van der Waals surface area contributed by atoms with Crippen LogP contribution in [0.4, 0.5) is 0 Å². The standard InChI is InChI=1S/C11H8Cl3NO/c1-5(12)11(16)7-4-15-9-3-6(13)2-8(14)10(7)9/h2-5,15H,1H3. The van der Waals surface area contributed by atoms with Crippen LogP contribution < -0.4 is 0 Å². The maximum Gasteiger partial charge on any atom is 0.182 e. The number of carbonyl (C=O) groups is 1. The summed E-state index contributed by atoms with van der Waals surface area (Å²) in [6.45, 7) is 1.63. The zero-order chi connectivity index (χ0) is 11.9. The molecule has 0 radical (unpaired) electrons. The van der Waals surface area contributed by atoms with Crippen LogP contribution in [0.25, 0.3) is 10.9 Å². The topological polar surface area (TPSA) is 32.9 Å². The number of benzene rings is 1. The number of alkyl halides is 1. The average Bonchev–Trinajstić information content (AvgIpc) is 2.59. The third-order valence-electron chi connectivity index (χ3n) is 2.32. The van der Waals surface area contributed by atoms with E-state index in [0.717, 1.165) is 5.52 Å². The van der Waals surface area contributed by atoms with Crippen molar-refractivity contribution in [1.82, 2.24) is 4.98 Å². The Labute approximate surface area is 107 Å². The number of aromatic nitrogens is 1. The van der Waals surface area contributed by atoms with Crippen LogP contribution in [0.2, 0.25) is 10.0 Å². The summed E-state index contributed by atoms with van der Waals surface area (Å²) in [6, 6.07) is 3.33. The predicted octanol–water partition coefficient (Wildman–Crippen LogP) is 4.28. The summed E-state index contributed by atoms with van der Waals surface area (Å²) in [4.78, 5) is 14.8. The summed E-state index contributed by atoms with van der Waals surface area (Å²) in [6.07, 6.45) is 1.61. The molecule has 1 heterocycles. The molecule has 0 aliphatic rings. The summed E-state index contributed by atoms with van der Waals surface area (Å²) < 4.78 is 0. The van der Waals surface area contributed by atoms with Crippen molar-refractivity contribution in [2.45, 2.75) is 12.3 Å². The Morgan fingerprint density at radius 1 is 1.38 bits per heavy atom. The van der Waals surface area contributed by atoms with Crippen LogP contribution in [0, 0.1) is 0 Å². The van der Waals surface area contributed by atoms with E-state index in [0.29, 0.717) is 21.0 Å². The lowest BCUT2D eigenvalue weighted by molar-refractivity contribution is 0.0993. The number of hydrogen-bond donors (Lipinski definition) is 1. The van der Waals surface area contributed by atoms with Crippen molar-refractivity contribution in [2.75, 3.05) is 0 Å². The predicted molar refractivity (Wildman–Crippen MR) is 68.0 cm³/mol. The molecule has 0 bridgehead atoms. The summed E-state index contributed by atoms with van der Waals surface area (Å²) in [5, 5.41) is 1.07. The first-order chi connectivity index (χ1) is 7.50. The fraction of sp³-hybridized carbons (Fsp3) is 0.182. The minimum atomic E-state index is -0.578. The van der Waals surface area contributed by atoms with E-state index in [1.54, 1.807) is 25.3 Å². The number of aromatic amines is 1. The Morgan fingerprint density at radius 2 is 2.06 bits per heavy atom. The van der Waals surface area contributed by atoms with Crippen LogP contribution in [0.15, 0.2) is 18.3 Å². The van der Waals surface area contributed by atoms with Crippen molar-refractivity contribution in [3.05, 3.63) is 33.9 Å². The minimum absolute atomic E-state index is 0.155. The highest BCUT2D eigenvalue weighted by atomic mass is 35.5. The van der Waals surface area contributed by atoms with Crippen LogP contribution in [0.3, 0.4) is 0 Å². The van der Waals surface area contributed by atoms with Crippen molar-refractivity contribution in [3.8, 4) is 0 Å². The van der Waals surface area contributed by atoms with Gasteiger partial charge < -0.3 is 4.98 Å². The molecule has 0 amide bonds. The highest BCUT2D eigenvalue weighted by molar-refractivity contribution is 6.41. The minimum Gasteiger partial charge on any atom is -0.360 e. The van der Waals surface area contributed by atoms with Crippen molar-refractivity contribution in [3.63, 3.8) is 0 Å². The van der Waals surface area contributed by atoms with Gasteiger partial charge in [-0.05, 0) is 19.1 Å². The number of Topliss-reactive ketones (excluding diaryl/α,β-unsaturated/α-hetero) is 1. The van der Waals surface area contributed by atoms with Crippen molar-refractivity contribution in [2.24, 2.45) is 0 Å². The molecule has 2 aromatic rings. The SMILES string of the molecule is CC(Cl)C(=O)c1c[nH]c2cc(Cl)cc(Cl)c12. The second kappa shape index (κ2) is 4.28. The van der Waals surface area contributed by atoms with Gasteiger partial charge in [0.15, 0.2) is 5.78 Å². The van der Waals surface area contributed by atoms with Gasteiger partial charge in [-0.2, -0.15) is 0 Å². The van der Waals surface area contributed by atoms with E-state index in [1.807, 2.05) is 0 Å². The molecule has 16 heavy (non-hydrogen) atoms. The van der Waals surface area contributed by atoms with Gasteiger partial charge in [-0.25, -0.2) is 0 Å². The van der Waals surface area contributed by atoms with E-state index in [1.165, 1.54) is 0 Å². The molecule has 0 fully saturated rings. The molecule has 0 saturated heterocycles. The van der Waals surface area contributed by atoms with Gasteiger partial charge in [0.05, 0.1) is 10.4 Å². The number of H-pyrrole nitrogens is 1. The quantitative estimate of drug-likeness (QED) is 0.644. The summed E-state index contributed by atoms with van der Waals surface area (Å²) >= 11 is 17.7. The van der Waals surface area contributed by atoms with Crippen LogP contribution >= 0.6 is 34.8 Å². The lowest BCUT2D eigenvalue weighted by atomic mass is 10.1. The van der Waals surface area contributed by atoms with Gasteiger partial charge in [0, 0.05) is 27.7 Å². The van der Waals surface area contributed by atoms with E-state index in [4.69, 9.17) is 34.8 Å². The molecule has 2 rings (SSSR count). The number of fused-ring (bicyclic) bond motifs is 1. The first-order valence-corrected chi connectivity index (χ1v) is 5.84. The molecular formula is C11H8Cl3NO. The molecule has 2 nitrogen and oxygen atoms in total. The molecule has 0 saturated carbocycles. The van der Waals surface area contributed by atoms with E-state index < -0.39 is 5.38 Å². The number of ketones is 1. The molecular weight excluding hydrogens is 268 g/mol.